The lowest BCUT2D eigenvalue weighted by Crippen LogP contribution is -2.45. The Hall–Kier alpha value is -2.82. The summed E-state index contributed by atoms with van der Waals surface area (Å²) in [5.74, 6) is 1.35. The van der Waals surface area contributed by atoms with E-state index in [1.807, 2.05) is 36.4 Å². The molecule has 1 unspecified atom stereocenters. The fourth-order valence-corrected chi connectivity index (χ4v) is 4.64. The Labute approximate surface area is 184 Å². The largest absolute Gasteiger partial charge is 0.479 e. The Morgan fingerprint density at radius 1 is 1.10 bits per heavy atom. The van der Waals surface area contributed by atoms with E-state index in [0.29, 0.717) is 24.6 Å². The number of ether oxygens (including phenoxy) is 1. The molecule has 31 heavy (non-hydrogen) atoms. The summed E-state index contributed by atoms with van der Waals surface area (Å²) < 4.78 is 5.86. The number of carbonyl (C=O) groups excluding carboxylic acids is 2. The van der Waals surface area contributed by atoms with E-state index in [2.05, 4.69) is 17.4 Å². The molecule has 1 fully saturated rings. The van der Waals surface area contributed by atoms with Crippen molar-refractivity contribution in [2.24, 2.45) is 5.92 Å². The lowest BCUT2D eigenvalue weighted by Gasteiger charge is -2.33. The van der Waals surface area contributed by atoms with Gasteiger partial charge in [-0.1, -0.05) is 62.4 Å². The molecule has 164 valence electrons. The summed E-state index contributed by atoms with van der Waals surface area (Å²) >= 11 is 0. The Morgan fingerprint density at radius 3 is 2.65 bits per heavy atom. The molecule has 4 rings (SSSR count). The van der Waals surface area contributed by atoms with Crippen molar-refractivity contribution >= 4 is 23.2 Å². The summed E-state index contributed by atoms with van der Waals surface area (Å²) in [6, 6.07) is 15.7. The van der Waals surface area contributed by atoms with E-state index in [1.165, 1.54) is 37.7 Å². The number of benzene rings is 2. The van der Waals surface area contributed by atoms with E-state index in [-0.39, 0.29) is 11.8 Å². The van der Waals surface area contributed by atoms with Crippen LogP contribution in [0.15, 0.2) is 48.5 Å². The summed E-state index contributed by atoms with van der Waals surface area (Å²) in [5.41, 5.74) is 2.68. The lowest BCUT2D eigenvalue weighted by molar-refractivity contribution is -0.125. The Bertz CT molecular complexity index is 906. The van der Waals surface area contributed by atoms with Gasteiger partial charge >= 0.3 is 0 Å². The van der Waals surface area contributed by atoms with Crippen molar-refractivity contribution in [3.63, 3.8) is 0 Å². The van der Waals surface area contributed by atoms with E-state index in [4.69, 9.17) is 4.74 Å². The summed E-state index contributed by atoms with van der Waals surface area (Å²) in [5, 5.41) is 3.01. The molecule has 1 atom stereocenters. The van der Waals surface area contributed by atoms with E-state index in [0.717, 1.165) is 24.2 Å². The van der Waals surface area contributed by atoms with Crippen LogP contribution >= 0.6 is 0 Å². The van der Waals surface area contributed by atoms with Crippen molar-refractivity contribution in [3.05, 3.63) is 54.1 Å². The highest BCUT2D eigenvalue weighted by molar-refractivity contribution is 6.00. The van der Waals surface area contributed by atoms with Crippen LogP contribution in [0.5, 0.6) is 5.75 Å². The van der Waals surface area contributed by atoms with Crippen molar-refractivity contribution in [1.29, 1.82) is 0 Å². The molecule has 1 aliphatic carbocycles. The van der Waals surface area contributed by atoms with Gasteiger partial charge in [0.2, 0.25) is 5.91 Å². The monoisotopic (exact) mass is 420 g/mol. The smallest absolute Gasteiger partial charge is 0.267 e. The summed E-state index contributed by atoms with van der Waals surface area (Å²) in [4.78, 5) is 27.0. The first-order valence-corrected chi connectivity index (χ1v) is 11.6. The van der Waals surface area contributed by atoms with Crippen molar-refractivity contribution in [3.8, 4) is 5.75 Å². The number of rotatable bonds is 7. The summed E-state index contributed by atoms with van der Waals surface area (Å²) in [7, 11) is 0. The zero-order valence-electron chi connectivity index (χ0n) is 18.3. The third-order valence-electron chi connectivity index (χ3n) is 6.42. The predicted octanol–water partition coefficient (Wildman–Crippen LogP) is 5.34. The van der Waals surface area contributed by atoms with E-state index >= 15 is 0 Å². The molecule has 2 aromatic carbocycles. The third-order valence-corrected chi connectivity index (χ3v) is 6.42. The molecule has 5 nitrogen and oxygen atoms in total. The molecule has 0 saturated heterocycles. The summed E-state index contributed by atoms with van der Waals surface area (Å²) in [6.07, 6.45) is 8.19. The fraction of sp³-hybridized carbons (Fsp3) is 0.462. The fourth-order valence-electron chi connectivity index (χ4n) is 4.64. The van der Waals surface area contributed by atoms with Crippen LogP contribution < -0.4 is 15.0 Å². The minimum atomic E-state index is -0.541. The number of fused-ring (bicyclic) bond motifs is 1. The molecule has 0 aromatic heterocycles. The van der Waals surface area contributed by atoms with Crippen molar-refractivity contribution < 1.29 is 14.3 Å². The minimum absolute atomic E-state index is 0.0345. The highest BCUT2D eigenvalue weighted by atomic mass is 16.5. The first-order valence-electron chi connectivity index (χ1n) is 11.6. The van der Waals surface area contributed by atoms with Crippen LogP contribution in [-0.2, 0) is 16.0 Å². The summed E-state index contributed by atoms with van der Waals surface area (Å²) in [6.45, 7) is 2.37. The second-order valence-corrected chi connectivity index (χ2v) is 8.76. The minimum Gasteiger partial charge on any atom is -0.479 e. The number of hydrogen-bond acceptors (Lipinski definition) is 3. The highest BCUT2D eigenvalue weighted by Crippen LogP contribution is 2.36. The first kappa shape index (κ1) is 21.4. The number of anilines is 2. The molecule has 1 saturated carbocycles. The number of nitrogens with one attached hydrogen (secondary N) is 1. The van der Waals surface area contributed by atoms with Crippen LogP contribution in [0.3, 0.4) is 0 Å². The van der Waals surface area contributed by atoms with Gasteiger partial charge in [0.1, 0.15) is 5.75 Å². The molecule has 0 radical (unpaired) electrons. The number of hydrogen-bond donors (Lipinski definition) is 1. The van der Waals surface area contributed by atoms with Crippen molar-refractivity contribution in [2.75, 3.05) is 16.8 Å². The Morgan fingerprint density at radius 2 is 1.87 bits per heavy atom. The average Bonchev–Trinajstić information content (AvgIpc) is 2.79. The maximum absolute atomic E-state index is 12.7. The maximum atomic E-state index is 12.7. The molecular weight excluding hydrogens is 388 g/mol. The SMILES string of the molecule is CC1Oc2cc(NC(=O)CCC3CCCCC3)ccc2N(CCc2ccccc2)C1=O. The number of carbonyl (C=O) groups is 2. The van der Waals surface area contributed by atoms with Crippen LogP contribution in [0.25, 0.3) is 0 Å². The normalized spacial score (nSPS) is 18.9. The second kappa shape index (κ2) is 9.99. The molecule has 0 bridgehead atoms. The van der Waals surface area contributed by atoms with Crippen LogP contribution in [0, 0.1) is 5.92 Å². The van der Waals surface area contributed by atoms with Crippen molar-refractivity contribution in [2.45, 2.75) is 64.4 Å². The maximum Gasteiger partial charge on any atom is 0.267 e. The van der Waals surface area contributed by atoms with Gasteiger partial charge in [0.15, 0.2) is 6.10 Å². The number of amides is 2. The van der Waals surface area contributed by atoms with Crippen LogP contribution in [0.2, 0.25) is 0 Å². The quantitative estimate of drug-likeness (QED) is 0.657. The van der Waals surface area contributed by atoms with E-state index in [1.54, 1.807) is 11.8 Å². The molecule has 2 aromatic rings. The van der Waals surface area contributed by atoms with Gasteiger partial charge in [-0.15, -0.1) is 0 Å². The van der Waals surface area contributed by atoms with Gasteiger partial charge in [0.25, 0.3) is 5.91 Å². The molecule has 2 amide bonds. The molecule has 5 heteroatoms. The molecule has 1 heterocycles. The molecular formula is C26H32N2O3. The van der Waals surface area contributed by atoms with Crippen LogP contribution in [0.4, 0.5) is 11.4 Å². The van der Waals surface area contributed by atoms with Crippen LogP contribution in [-0.4, -0.2) is 24.5 Å². The van der Waals surface area contributed by atoms with Gasteiger partial charge in [0.05, 0.1) is 5.69 Å². The van der Waals surface area contributed by atoms with Gasteiger partial charge < -0.3 is 15.0 Å². The average molecular weight is 421 g/mol. The highest BCUT2D eigenvalue weighted by Gasteiger charge is 2.31. The second-order valence-electron chi connectivity index (χ2n) is 8.76. The zero-order valence-corrected chi connectivity index (χ0v) is 18.3. The third kappa shape index (κ3) is 5.46. The van der Waals surface area contributed by atoms with Crippen molar-refractivity contribution in [1.82, 2.24) is 0 Å². The predicted molar refractivity (Wildman–Crippen MR) is 123 cm³/mol. The van der Waals surface area contributed by atoms with Gasteiger partial charge in [0, 0.05) is 24.7 Å². The van der Waals surface area contributed by atoms with Gasteiger partial charge in [-0.3, -0.25) is 9.59 Å². The van der Waals surface area contributed by atoms with Gasteiger partial charge in [-0.25, -0.2) is 0 Å². The van der Waals surface area contributed by atoms with E-state index in [9.17, 15) is 9.59 Å². The topological polar surface area (TPSA) is 58.6 Å². The Balaban J connectivity index is 1.39. The van der Waals surface area contributed by atoms with Gasteiger partial charge in [-0.2, -0.15) is 0 Å². The molecule has 0 spiro atoms. The van der Waals surface area contributed by atoms with Gasteiger partial charge in [-0.05, 0) is 43.4 Å². The lowest BCUT2D eigenvalue weighted by atomic mass is 9.86. The molecule has 2 aliphatic rings. The first-order chi connectivity index (χ1) is 15.1. The van der Waals surface area contributed by atoms with E-state index < -0.39 is 6.10 Å². The zero-order chi connectivity index (χ0) is 21.6. The molecule has 1 N–H and O–H groups in total. The van der Waals surface area contributed by atoms with Crippen LogP contribution in [0.1, 0.15) is 57.4 Å². The number of nitrogens with zero attached hydrogens (tertiary/aromatic N) is 1. The standard InChI is InChI=1S/C26H32N2O3/c1-19-26(30)28(17-16-21-10-6-3-7-11-21)23-14-13-22(18-24(23)31-19)27-25(29)15-12-20-8-4-2-5-9-20/h3,6-7,10-11,13-14,18-20H,2,4-5,8-9,12,15-17H2,1H3,(H,27,29). The Kier molecular flexibility index (Phi) is 6.90. The molecule has 1 aliphatic heterocycles.